The van der Waals surface area contributed by atoms with Crippen LogP contribution >= 0.6 is 22.9 Å². The van der Waals surface area contributed by atoms with Crippen molar-refractivity contribution in [3.8, 4) is 0 Å². The van der Waals surface area contributed by atoms with Crippen LogP contribution in [0.2, 0.25) is 4.34 Å². The van der Waals surface area contributed by atoms with Crippen LogP contribution in [-0.2, 0) is 4.74 Å². The number of nitrogens with zero attached hydrogens (tertiary/aromatic N) is 2. The number of hydrogen-bond acceptors (Lipinski definition) is 4. The van der Waals surface area contributed by atoms with Crippen molar-refractivity contribution in [2.75, 3.05) is 19.7 Å². The van der Waals surface area contributed by atoms with E-state index in [4.69, 9.17) is 16.3 Å². The molecule has 3 rings (SSSR count). The van der Waals surface area contributed by atoms with Crippen LogP contribution in [0, 0.1) is 5.95 Å². The molecule has 0 spiro atoms. The molecule has 21 heavy (non-hydrogen) atoms. The standard InChI is InChI=1S/C14H12ClFN2O2S/c15-12-3-2-11(21-12)10-8-18(5-6-20-10)14(19)9-1-4-13(16)17-7-9/h1-4,7,10H,5-6,8H2/t10-/m1/s1. The van der Waals surface area contributed by atoms with Gasteiger partial charge in [-0.25, -0.2) is 4.98 Å². The fraction of sp³-hybridized carbons (Fsp3) is 0.286. The lowest BCUT2D eigenvalue weighted by atomic mass is 10.2. The zero-order chi connectivity index (χ0) is 14.8. The van der Waals surface area contributed by atoms with Crippen LogP contribution in [-0.4, -0.2) is 35.5 Å². The summed E-state index contributed by atoms with van der Waals surface area (Å²) in [5.41, 5.74) is 0.376. The van der Waals surface area contributed by atoms with Gasteiger partial charge in [-0.05, 0) is 24.3 Å². The first-order valence-electron chi connectivity index (χ1n) is 6.41. The summed E-state index contributed by atoms with van der Waals surface area (Å²) in [7, 11) is 0. The fourth-order valence-electron chi connectivity index (χ4n) is 2.19. The van der Waals surface area contributed by atoms with Gasteiger partial charge in [0.1, 0.15) is 6.10 Å². The minimum Gasteiger partial charge on any atom is -0.369 e. The van der Waals surface area contributed by atoms with Crippen molar-refractivity contribution in [2.45, 2.75) is 6.10 Å². The zero-order valence-electron chi connectivity index (χ0n) is 11.0. The lowest BCUT2D eigenvalue weighted by molar-refractivity contribution is -0.0212. The van der Waals surface area contributed by atoms with E-state index in [1.807, 2.05) is 12.1 Å². The van der Waals surface area contributed by atoms with Crippen LogP contribution in [0.1, 0.15) is 21.3 Å². The topological polar surface area (TPSA) is 42.4 Å². The van der Waals surface area contributed by atoms with E-state index in [0.29, 0.717) is 29.6 Å². The normalized spacial score (nSPS) is 18.8. The number of halogens is 2. The lowest BCUT2D eigenvalue weighted by Gasteiger charge is -2.32. The van der Waals surface area contributed by atoms with Crippen molar-refractivity contribution in [3.63, 3.8) is 0 Å². The second kappa shape index (κ2) is 6.09. The predicted octanol–water partition coefficient (Wildman–Crippen LogP) is 3.15. The van der Waals surface area contributed by atoms with Gasteiger partial charge in [0.15, 0.2) is 0 Å². The van der Waals surface area contributed by atoms with Gasteiger partial charge in [0.2, 0.25) is 5.95 Å². The molecule has 3 heterocycles. The Hall–Kier alpha value is -1.50. The summed E-state index contributed by atoms with van der Waals surface area (Å²) in [6.07, 6.45) is 1.08. The monoisotopic (exact) mass is 326 g/mol. The highest BCUT2D eigenvalue weighted by Crippen LogP contribution is 2.31. The maximum absolute atomic E-state index is 12.8. The molecule has 0 aliphatic carbocycles. The number of ether oxygens (including phenoxy) is 1. The molecule has 7 heteroatoms. The molecule has 0 radical (unpaired) electrons. The molecule has 0 aromatic carbocycles. The number of carbonyl (C=O) groups excluding carboxylic acids is 1. The van der Waals surface area contributed by atoms with Crippen molar-refractivity contribution < 1.29 is 13.9 Å². The number of pyridine rings is 1. The molecule has 1 atom stereocenters. The Balaban J connectivity index is 1.73. The molecule has 0 bridgehead atoms. The molecule has 4 nitrogen and oxygen atoms in total. The van der Waals surface area contributed by atoms with E-state index in [9.17, 15) is 9.18 Å². The second-order valence-corrected chi connectivity index (χ2v) is 6.37. The number of aromatic nitrogens is 1. The van der Waals surface area contributed by atoms with Gasteiger partial charge in [0, 0.05) is 17.6 Å². The first kappa shape index (κ1) is 14.4. The predicted molar refractivity (Wildman–Crippen MR) is 78.1 cm³/mol. The van der Waals surface area contributed by atoms with Crippen molar-refractivity contribution >= 4 is 28.8 Å². The molecule has 1 aliphatic heterocycles. The maximum atomic E-state index is 12.8. The zero-order valence-corrected chi connectivity index (χ0v) is 12.5. The minimum atomic E-state index is -0.598. The smallest absolute Gasteiger partial charge is 0.255 e. The van der Waals surface area contributed by atoms with Crippen molar-refractivity contribution in [2.24, 2.45) is 0 Å². The quantitative estimate of drug-likeness (QED) is 0.796. The number of thiophene rings is 1. The summed E-state index contributed by atoms with van der Waals surface area (Å²) in [5, 5.41) is 0. The van der Waals surface area contributed by atoms with Crippen molar-refractivity contribution in [1.82, 2.24) is 9.88 Å². The second-order valence-electron chi connectivity index (χ2n) is 4.62. The Labute approximate surface area is 130 Å². The highest BCUT2D eigenvalue weighted by atomic mass is 35.5. The van der Waals surface area contributed by atoms with Crippen LogP contribution in [0.5, 0.6) is 0 Å². The van der Waals surface area contributed by atoms with E-state index in [2.05, 4.69) is 4.98 Å². The average molecular weight is 327 g/mol. The summed E-state index contributed by atoms with van der Waals surface area (Å²) in [6, 6.07) is 6.35. The van der Waals surface area contributed by atoms with E-state index in [0.717, 1.165) is 4.88 Å². The van der Waals surface area contributed by atoms with Crippen molar-refractivity contribution in [1.29, 1.82) is 0 Å². The molecule has 110 valence electrons. The van der Waals surface area contributed by atoms with E-state index in [-0.39, 0.29) is 12.0 Å². The first-order chi connectivity index (χ1) is 10.1. The number of amides is 1. The summed E-state index contributed by atoms with van der Waals surface area (Å²) in [6.45, 7) is 1.42. The van der Waals surface area contributed by atoms with Crippen LogP contribution in [0.15, 0.2) is 30.5 Å². The van der Waals surface area contributed by atoms with Crippen LogP contribution in [0.3, 0.4) is 0 Å². The Morgan fingerprint density at radius 1 is 1.43 bits per heavy atom. The Kier molecular flexibility index (Phi) is 4.19. The number of carbonyl (C=O) groups is 1. The van der Waals surface area contributed by atoms with Gasteiger partial charge in [0.25, 0.3) is 5.91 Å². The van der Waals surface area contributed by atoms with E-state index in [1.54, 1.807) is 4.90 Å². The third-order valence-electron chi connectivity index (χ3n) is 3.24. The molecule has 1 fully saturated rings. The molecule has 2 aromatic heterocycles. The van der Waals surface area contributed by atoms with Crippen LogP contribution < -0.4 is 0 Å². The summed E-state index contributed by atoms with van der Waals surface area (Å²) < 4.78 is 19.2. The molecule has 1 saturated heterocycles. The molecule has 0 N–H and O–H groups in total. The van der Waals surface area contributed by atoms with Gasteiger partial charge < -0.3 is 9.64 Å². The highest BCUT2D eigenvalue weighted by Gasteiger charge is 2.27. The maximum Gasteiger partial charge on any atom is 0.255 e. The van der Waals surface area contributed by atoms with Crippen molar-refractivity contribution in [3.05, 3.63) is 51.2 Å². The summed E-state index contributed by atoms with van der Waals surface area (Å²) in [5.74, 6) is -0.766. The summed E-state index contributed by atoms with van der Waals surface area (Å²) >= 11 is 7.37. The molecule has 2 aromatic rings. The van der Waals surface area contributed by atoms with Gasteiger partial charge in [-0.2, -0.15) is 4.39 Å². The third kappa shape index (κ3) is 3.23. The van der Waals surface area contributed by atoms with Crippen LogP contribution in [0.25, 0.3) is 0 Å². The van der Waals surface area contributed by atoms with Gasteiger partial charge in [0.05, 0.1) is 23.1 Å². The van der Waals surface area contributed by atoms with Gasteiger partial charge in [-0.1, -0.05) is 11.6 Å². The van der Waals surface area contributed by atoms with Gasteiger partial charge in [-0.3, -0.25) is 4.79 Å². The first-order valence-corrected chi connectivity index (χ1v) is 7.60. The van der Waals surface area contributed by atoms with Crippen LogP contribution in [0.4, 0.5) is 4.39 Å². The molecule has 0 unspecified atom stereocenters. The number of rotatable bonds is 2. The fourth-order valence-corrected chi connectivity index (χ4v) is 3.29. The Morgan fingerprint density at radius 2 is 2.29 bits per heavy atom. The third-order valence-corrected chi connectivity index (χ3v) is 4.56. The molecular weight excluding hydrogens is 315 g/mol. The SMILES string of the molecule is O=C(c1ccc(F)nc1)N1CCO[C@@H](c2ccc(Cl)s2)C1. The Morgan fingerprint density at radius 3 is 2.95 bits per heavy atom. The average Bonchev–Trinajstić information content (AvgIpc) is 2.94. The lowest BCUT2D eigenvalue weighted by Crippen LogP contribution is -2.42. The van der Waals surface area contributed by atoms with E-state index in [1.165, 1.54) is 29.7 Å². The number of hydrogen-bond donors (Lipinski definition) is 0. The molecular formula is C14H12ClFN2O2S. The molecule has 1 amide bonds. The van der Waals surface area contributed by atoms with Gasteiger partial charge >= 0.3 is 0 Å². The highest BCUT2D eigenvalue weighted by molar-refractivity contribution is 7.16. The number of morpholine rings is 1. The van der Waals surface area contributed by atoms with E-state index < -0.39 is 5.95 Å². The minimum absolute atomic E-state index is 0.168. The summed E-state index contributed by atoms with van der Waals surface area (Å²) in [4.78, 5) is 18.6. The van der Waals surface area contributed by atoms with E-state index >= 15 is 0 Å². The largest absolute Gasteiger partial charge is 0.369 e. The van der Waals surface area contributed by atoms with Gasteiger partial charge in [-0.15, -0.1) is 11.3 Å². The molecule has 1 aliphatic rings. The Bertz CT molecular complexity index is 647. The molecule has 0 saturated carbocycles.